The minimum absolute atomic E-state index is 0.144. The van der Waals surface area contributed by atoms with E-state index in [4.69, 9.17) is 9.26 Å². The van der Waals surface area contributed by atoms with Crippen LogP contribution in [0.2, 0.25) is 0 Å². The van der Waals surface area contributed by atoms with Gasteiger partial charge in [-0.15, -0.1) is 0 Å². The van der Waals surface area contributed by atoms with Gasteiger partial charge < -0.3 is 19.2 Å². The predicted octanol–water partition coefficient (Wildman–Crippen LogP) is 4.03. The third kappa shape index (κ3) is 4.05. The minimum atomic E-state index is -1.23. The fourth-order valence-corrected chi connectivity index (χ4v) is 3.72. The second kappa shape index (κ2) is 8.28. The normalized spacial score (nSPS) is 11.7. The number of aliphatic carboxylic acids is 1. The number of hydrogen-bond acceptors (Lipinski definition) is 7. The van der Waals surface area contributed by atoms with Crippen molar-refractivity contribution in [1.29, 1.82) is 0 Å². The van der Waals surface area contributed by atoms with Crippen molar-refractivity contribution in [3.63, 3.8) is 0 Å². The van der Waals surface area contributed by atoms with Gasteiger partial charge in [0.1, 0.15) is 5.75 Å². The third-order valence-corrected chi connectivity index (χ3v) is 5.05. The van der Waals surface area contributed by atoms with Crippen molar-refractivity contribution in [1.82, 2.24) is 10.1 Å². The van der Waals surface area contributed by atoms with Crippen LogP contribution in [0.25, 0.3) is 33.8 Å². The lowest BCUT2D eigenvalue weighted by molar-refractivity contribution is -0.304. The van der Waals surface area contributed by atoms with Crippen molar-refractivity contribution in [2.75, 3.05) is 6.61 Å². The average Bonchev–Trinajstić information content (AvgIpc) is 3.40. The highest BCUT2D eigenvalue weighted by atomic mass is 32.1. The molecule has 0 unspecified atom stereocenters. The van der Waals surface area contributed by atoms with Gasteiger partial charge in [0.2, 0.25) is 5.82 Å². The Kier molecular flexibility index (Phi) is 5.39. The molecule has 0 spiro atoms. The van der Waals surface area contributed by atoms with Crippen molar-refractivity contribution in [3.8, 4) is 17.1 Å². The highest BCUT2D eigenvalue weighted by molar-refractivity contribution is 7.08. The van der Waals surface area contributed by atoms with Crippen LogP contribution in [-0.2, 0) is 4.79 Å². The molecule has 0 bridgehead atoms. The summed E-state index contributed by atoms with van der Waals surface area (Å²) in [6.45, 7) is 2.38. The second-order valence-electron chi connectivity index (χ2n) is 6.29. The number of rotatable bonds is 7. The van der Waals surface area contributed by atoms with Crippen LogP contribution in [0, 0.1) is 0 Å². The van der Waals surface area contributed by atoms with Crippen molar-refractivity contribution in [3.05, 3.63) is 64.7 Å². The summed E-state index contributed by atoms with van der Waals surface area (Å²) in [5.41, 5.74) is 1.94. The monoisotopic (exact) mass is 405 g/mol. The Morgan fingerprint density at radius 1 is 1.24 bits per heavy atom. The summed E-state index contributed by atoms with van der Waals surface area (Å²) < 4.78 is 11.2. The van der Waals surface area contributed by atoms with Crippen molar-refractivity contribution in [2.24, 2.45) is 0 Å². The van der Waals surface area contributed by atoms with Crippen molar-refractivity contribution < 1.29 is 19.2 Å². The van der Waals surface area contributed by atoms with Gasteiger partial charge in [0, 0.05) is 34.5 Å². The third-order valence-electron chi connectivity index (χ3n) is 4.36. The summed E-state index contributed by atoms with van der Waals surface area (Å²) in [4.78, 5) is 15.8. The Hall–Kier alpha value is -3.45. The van der Waals surface area contributed by atoms with Gasteiger partial charge >= 0.3 is 0 Å². The molecule has 0 N–H and O–H groups in total. The van der Waals surface area contributed by atoms with Gasteiger partial charge in [0.25, 0.3) is 5.89 Å². The fraction of sp³-hybridized carbons (Fsp3) is 0.136. The zero-order valence-corrected chi connectivity index (χ0v) is 16.4. The molecule has 4 rings (SSSR count). The van der Waals surface area contributed by atoms with E-state index in [2.05, 4.69) is 10.1 Å². The van der Waals surface area contributed by atoms with E-state index in [-0.39, 0.29) is 12.3 Å². The summed E-state index contributed by atoms with van der Waals surface area (Å²) in [6.07, 6.45) is 1.37. The first-order chi connectivity index (χ1) is 14.2. The smallest absolute Gasteiger partial charge is 0.254 e. The van der Waals surface area contributed by atoms with E-state index in [1.807, 2.05) is 60.1 Å². The number of aromatic nitrogens is 2. The molecule has 0 fully saturated rings. The van der Waals surface area contributed by atoms with Gasteiger partial charge in [-0.2, -0.15) is 16.3 Å². The van der Waals surface area contributed by atoms with E-state index in [1.54, 1.807) is 6.08 Å². The maximum atomic E-state index is 11.4. The van der Waals surface area contributed by atoms with E-state index in [9.17, 15) is 9.90 Å². The molecule has 0 radical (unpaired) electrons. The van der Waals surface area contributed by atoms with Gasteiger partial charge in [0.05, 0.1) is 6.61 Å². The van der Waals surface area contributed by atoms with E-state index < -0.39 is 5.97 Å². The zero-order chi connectivity index (χ0) is 20.2. The summed E-state index contributed by atoms with van der Waals surface area (Å²) in [7, 11) is 0. The van der Waals surface area contributed by atoms with Crippen LogP contribution < -0.4 is 9.84 Å². The predicted molar refractivity (Wildman–Crippen MR) is 110 cm³/mol. The Labute approximate surface area is 171 Å². The van der Waals surface area contributed by atoms with Crippen LogP contribution in [-0.4, -0.2) is 22.7 Å². The van der Waals surface area contributed by atoms with Crippen LogP contribution in [0.3, 0.4) is 0 Å². The van der Waals surface area contributed by atoms with E-state index in [0.717, 1.165) is 21.9 Å². The van der Waals surface area contributed by atoms with Crippen LogP contribution in [0.1, 0.15) is 24.8 Å². The highest BCUT2D eigenvalue weighted by Gasteiger charge is 2.16. The van der Waals surface area contributed by atoms with Crippen molar-refractivity contribution in [2.45, 2.75) is 13.3 Å². The number of thiophene rings is 1. The fourth-order valence-electron chi connectivity index (χ4n) is 3.09. The lowest BCUT2D eigenvalue weighted by Gasteiger charge is -2.12. The molecule has 0 aliphatic heterocycles. The molecule has 2 aromatic heterocycles. The Bertz CT molecular complexity index is 1180. The molecule has 0 saturated heterocycles. The lowest BCUT2D eigenvalue weighted by Crippen LogP contribution is -2.22. The number of fused-ring (bicyclic) bond motifs is 1. The quantitative estimate of drug-likeness (QED) is 0.461. The number of ether oxygens (including phenoxy) is 1. The minimum Gasteiger partial charge on any atom is -0.550 e. The lowest BCUT2D eigenvalue weighted by atomic mass is 10.00. The second-order valence-corrected chi connectivity index (χ2v) is 7.07. The summed E-state index contributed by atoms with van der Waals surface area (Å²) in [5.74, 6) is -0.0245. The maximum Gasteiger partial charge on any atom is 0.254 e. The molecule has 0 saturated carbocycles. The summed E-state index contributed by atoms with van der Waals surface area (Å²) >= 11 is 1.52. The number of carboxylic acid groups (broad SMARTS) is 1. The molecule has 0 atom stereocenters. The van der Waals surface area contributed by atoms with Gasteiger partial charge in [0.15, 0.2) is 0 Å². The maximum absolute atomic E-state index is 11.4. The Morgan fingerprint density at radius 2 is 2.10 bits per heavy atom. The SMILES string of the molecule is CCOc1ccc2ccccc2c1/C=C(\CC(=O)[O-])c1nc(-c2ccsc2)no1. The number of carbonyl (C=O) groups is 1. The first kappa shape index (κ1) is 18.9. The van der Waals surface area contributed by atoms with Crippen LogP contribution in [0.4, 0.5) is 0 Å². The zero-order valence-electron chi connectivity index (χ0n) is 15.6. The molecular formula is C22H17N2O4S-. The van der Waals surface area contributed by atoms with Crippen LogP contribution >= 0.6 is 11.3 Å². The summed E-state index contributed by atoms with van der Waals surface area (Å²) in [6, 6.07) is 13.5. The number of benzene rings is 2. The standard InChI is InChI=1S/C22H18N2O4S/c1-2-27-19-8-7-14-5-3-4-6-17(14)18(19)11-16(12-20(25)26)22-23-21(24-28-22)15-9-10-29-13-15/h3-11,13H,2,12H2,1H3,(H,25,26)/p-1/b16-11+. The molecule has 146 valence electrons. The Morgan fingerprint density at radius 3 is 2.86 bits per heavy atom. The van der Waals surface area contributed by atoms with Gasteiger partial charge in [-0.1, -0.05) is 35.5 Å². The molecule has 0 aliphatic carbocycles. The number of nitrogens with zero attached hydrogens (tertiary/aromatic N) is 2. The highest BCUT2D eigenvalue weighted by Crippen LogP contribution is 2.33. The van der Waals surface area contributed by atoms with E-state index >= 15 is 0 Å². The average molecular weight is 405 g/mol. The van der Waals surface area contributed by atoms with Crippen LogP contribution in [0.5, 0.6) is 5.75 Å². The van der Waals surface area contributed by atoms with Gasteiger partial charge in [-0.3, -0.25) is 0 Å². The van der Waals surface area contributed by atoms with E-state index in [1.165, 1.54) is 11.3 Å². The topological polar surface area (TPSA) is 88.3 Å². The molecule has 4 aromatic rings. The molecule has 29 heavy (non-hydrogen) atoms. The first-order valence-electron chi connectivity index (χ1n) is 9.07. The van der Waals surface area contributed by atoms with Crippen molar-refractivity contribution >= 4 is 39.7 Å². The molecule has 7 heteroatoms. The molecule has 0 amide bonds. The molecule has 2 heterocycles. The van der Waals surface area contributed by atoms with Gasteiger partial charge in [-0.25, -0.2) is 0 Å². The number of hydrogen-bond donors (Lipinski definition) is 0. The van der Waals surface area contributed by atoms with E-state index in [0.29, 0.717) is 23.8 Å². The largest absolute Gasteiger partial charge is 0.550 e. The molecule has 2 aromatic carbocycles. The molecule has 6 nitrogen and oxygen atoms in total. The number of carbonyl (C=O) groups excluding carboxylic acids is 1. The van der Waals surface area contributed by atoms with Crippen LogP contribution in [0.15, 0.2) is 57.7 Å². The Balaban J connectivity index is 1.86. The molecule has 0 aliphatic rings. The van der Waals surface area contributed by atoms with Gasteiger partial charge in [-0.05, 0) is 41.3 Å². The number of carboxylic acids is 1. The first-order valence-corrected chi connectivity index (χ1v) is 10.0. The molecular weight excluding hydrogens is 388 g/mol. The summed E-state index contributed by atoms with van der Waals surface area (Å²) in [5, 5.41) is 21.2.